The van der Waals surface area contributed by atoms with E-state index in [0.717, 1.165) is 34.4 Å². The van der Waals surface area contributed by atoms with E-state index in [1.54, 1.807) is 0 Å². The van der Waals surface area contributed by atoms with Gasteiger partial charge < -0.3 is 10.6 Å². The third kappa shape index (κ3) is 5.18. The number of amides is 2. The second-order valence-electron chi connectivity index (χ2n) is 6.38. The second-order valence-corrected chi connectivity index (χ2v) is 6.38. The van der Waals surface area contributed by atoms with Crippen molar-refractivity contribution in [2.75, 3.05) is 5.32 Å². The van der Waals surface area contributed by atoms with Gasteiger partial charge in [-0.15, -0.1) is 0 Å². The summed E-state index contributed by atoms with van der Waals surface area (Å²) in [5, 5.41) is 5.90. The number of aryl methyl sites for hydroxylation is 3. The lowest BCUT2D eigenvalue weighted by atomic mass is 10.0. The van der Waals surface area contributed by atoms with E-state index in [-0.39, 0.29) is 24.3 Å². The van der Waals surface area contributed by atoms with Gasteiger partial charge in [0.05, 0.1) is 12.5 Å². The lowest BCUT2D eigenvalue weighted by Gasteiger charge is -2.19. The number of rotatable bonds is 6. The number of hydrogen-bond acceptors (Lipinski definition) is 2. The first kappa shape index (κ1) is 18.7. The van der Waals surface area contributed by atoms with Crippen LogP contribution >= 0.6 is 0 Å². The maximum atomic E-state index is 12.6. The highest BCUT2D eigenvalue weighted by molar-refractivity contribution is 5.93. The van der Waals surface area contributed by atoms with Crippen LogP contribution in [0, 0.1) is 13.8 Å². The van der Waals surface area contributed by atoms with Gasteiger partial charge in [-0.25, -0.2) is 0 Å². The zero-order valence-corrected chi connectivity index (χ0v) is 15.3. The van der Waals surface area contributed by atoms with Gasteiger partial charge in [0.2, 0.25) is 11.8 Å². The highest BCUT2D eigenvalue weighted by atomic mass is 16.2. The number of nitrogens with one attached hydrogen (secondary N) is 2. The third-order valence-electron chi connectivity index (χ3n) is 4.25. The number of para-hydroxylation sites is 1. The number of hydrogen-bond donors (Lipinski definition) is 2. The summed E-state index contributed by atoms with van der Waals surface area (Å²) in [5.74, 6) is -0.258. The van der Waals surface area contributed by atoms with E-state index >= 15 is 0 Å². The predicted molar refractivity (Wildman–Crippen MR) is 102 cm³/mol. The van der Waals surface area contributed by atoms with Gasteiger partial charge >= 0.3 is 0 Å². The molecule has 0 bridgehead atoms. The fourth-order valence-corrected chi connectivity index (χ4v) is 2.87. The number of anilines is 1. The van der Waals surface area contributed by atoms with Crippen molar-refractivity contribution in [3.63, 3.8) is 0 Å². The van der Waals surface area contributed by atoms with Gasteiger partial charge in [-0.2, -0.15) is 0 Å². The number of carbonyl (C=O) groups excluding carboxylic acids is 2. The summed E-state index contributed by atoms with van der Waals surface area (Å²) in [7, 11) is 0. The molecule has 0 radical (unpaired) electrons. The lowest BCUT2D eigenvalue weighted by molar-refractivity contribution is -0.120. The van der Waals surface area contributed by atoms with Crippen molar-refractivity contribution in [1.82, 2.24) is 5.32 Å². The van der Waals surface area contributed by atoms with Crippen LogP contribution in [0.3, 0.4) is 0 Å². The molecule has 2 aromatic rings. The van der Waals surface area contributed by atoms with Crippen molar-refractivity contribution >= 4 is 17.5 Å². The first-order chi connectivity index (χ1) is 11.9. The molecule has 0 fully saturated rings. The fraction of sp³-hybridized carbons (Fsp3) is 0.333. The quantitative estimate of drug-likeness (QED) is 0.834. The van der Waals surface area contributed by atoms with Crippen molar-refractivity contribution in [2.45, 2.75) is 46.6 Å². The highest BCUT2D eigenvalue weighted by Gasteiger charge is 2.18. The molecule has 0 saturated heterocycles. The Bertz CT molecular complexity index is 751. The van der Waals surface area contributed by atoms with Crippen LogP contribution in [0.1, 0.15) is 48.6 Å². The van der Waals surface area contributed by atoms with Crippen LogP contribution in [0.25, 0.3) is 0 Å². The molecular weight excluding hydrogens is 312 g/mol. The maximum absolute atomic E-state index is 12.6. The standard InChI is InChI=1S/C21H26N2O2/c1-5-17-8-6-7-15(3)21(17)23-20(25)13-19(22-16(4)24)18-11-9-14(2)10-12-18/h6-12,19H,5,13H2,1-4H3,(H,22,24)(H,23,25). The van der Waals surface area contributed by atoms with E-state index < -0.39 is 0 Å². The summed E-state index contributed by atoms with van der Waals surface area (Å²) >= 11 is 0. The molecule has 0 saturated carbocycles. The van der Waals surface area contributed by atoms with E-state index in [1.165, 1.54) is 6.92 Å². The Balaban J connectivity index is 2.17. The zero-order valence-electron chi connectivity index (χ0n) is 15.3. The van der Waals surface area contributed by atoms with Crippen LogP contribution in [0.2, 0.25) is 0 Å². The molecule has 0 aliphatic heterocycles. The molecule has 4 nitrogen and oxygen atoms in total. The molecule has 2 aromatic carbocycles. The summed E-state index contributed by atoms with van der Waals surface area (Å²) in [6, 6.07) is 13.5. The normalized spacial score (nSPS) is 11.7. The Hall–Kier alpha value is -2.62. The summed E-state index contributed by atoms with van der Waals surface area (Å²) in [4.78, 5) is 24.1. The van der Waals surface area contributed by atoms with Crippen molar-refractivity contribution in [3.05, 3.63) is 64.7 Å². The second kappa shape index (κ2) is 8.47. The maximum Gasteiger partial charge on any atom is 0.226 e. The fourth-order valence-electron chi connectivity index (χ4n) is 2.87. The highest BCUT2D eigenvalue weighted by Crippen LogP contribution is 2.23. The Labute approximate surface area is 149 Å². The van der Waals surface area contributed by atoms with Crippen molar-refractivity contribution in [1.29, 1.82) is 0 Å². The SMILES string of the molecule is CCc1cccc(C)c1NC(=O)CC(NC(C)=O)c1ccc(C)cc1. The summed E-state index contributed by atoms with van der Waals surface area (Å²) in [6.07, 6.45) is 1.05. The van der Waals surface area contributed by atoms with Crippen LogP contribution in [0.5, 0.6) is 0 Å². The molecule has 0 aliphatic rings. The van der Waals surface area contributed by atoms with E-state index in [9.17, 15) is 9.59 Å². The summed E-state index contributed by atoms with van der Waals surface area (Å²) in [5.41, 5.74) is 5.10. The molecule has 25 heavy (non-hydrogen) atoms. The number of benzene rings is 2. The molecule has 0 spiro atoms. The van der Waals surface area contributed by atoms with Gasteiger partial charge in [0.1, 0.15) is 0 Å². The van der Waals surface area contributed by atoms with Crippen LogP contribution in [-0.2, 0) is 16.0 Å². The van der Waals surface area contributed by atoms with Crippen LogP contribution in [0.15, 0.2) is 42.5 Å². The van der Waals surface area contributed by atoms with Crippen molar-refractivity contribution in [3.8, 4) is 0 Å². The molecule has 0 heterocycles. The molecule has 1 atom stereocenters. The molecular formula is C21H26N2O2. The van der Waals surface area contributed by atoms with Gasteiger partial charge in [-0.1, -0.05) is 55.0 Å². The Morgan fingerprint density at radius 2 is 1.72 bits per heavy atom. The minimum Gasteiger partial charge on any atom is -0.349 e. The molecule has 2 amide bonds. The van der Waals surface area contributed by atoms with Crippen molar-refractivity contribution < 1.29 is 9.59 Å². The smallest absolute Gasteiger partial charge is 0.226 e. The van der Waals surface area contributed by atoms with Crippen LogP contribution in [0.4, 0.5) is 5.69 Å². The van der Waals surface area contributed by atoms with Gasteiger partial charge in [0, 0.05) is 12.6 Å². The van der Waals surface area contributed by atoms with E-state index in [0.29, 0.717) is 0 Å². The molecule has 1 unspecified atom stereocenters. The minimum atomic E-state index is -0.341. The zero-order chi connectivity index (χ0) is 18.4. The average Bonchev–Trinajstić information content (AvgIpc) is 2.56. The monoisotopic (exact) mass is 338 g/mol. The number of carbonyl (C=O) groups is 2. The molecule has 132 valence electrons. The van der Waals surface area contributed by atoms with Crippen LogP contribution < -0.4 is 10.6 Å². The Morgan fingerprint density at radius 3 is 2.32 bits per heavy atom. The summed E-state index contributed by atoms with van der Waals surface area (Å²) < 4.78 is 0. The van der Waals surface area contributed by atoms with E-state index in [1.807, 2.05) is 56.3 Å². The Kier molecular flexibility index (Phi) is 6.34. The first-order valence-electron chi connectivity index (χ1n) is 8.62. The van der Waals surface area contributed by atoms with E-state index in [4.69, 9.17) is 0 Å². The summed E-state index contributed by atoms with van der Waals surface area (Å²) in [6.45, 7) is 7.53. The topological polar surface area (TPSA) is 58.2 Å². The van der Waals surface area contributed by atoms with Gasteiger partial charge in [-0.05, 0) is 37.0 Å². The van der Waals surface area contributed by atoms with Crippen molar-refractivity contribution in [2.24, 2.45) is 0 Å². The molecule has 0 aromatic heterocycles. The molecule has 0 aliphatic carbocycles. The van der Waals surface area contributed by atoms with Crippen LogP contribution in [-0.4, -0.2) is 11.8 Å². The van der Waals surface area contributed by atoms with E-state index in [2.05, 4.69) is 17.6 Å². The first-order valence-corrected chi connectivity index (χ1v) is 8.62. The average molecular weight is 338 g/mol. The molecule has 2 rings (SSSR count). The van der Waals surface area contributed by atoms with Gasteiger partial charge in [0.25, 0.3) is 0 Å². The molecule has 4 heteroatoms. The largest absolute Gasteiger partial charge is 0.349 e. The third-order valence-corrected chi connectivity index (χ3v) is 4.25. The van der Waals surface area contributed by atoms with Gasteiger partial charge in [0.15, 0.2) is 0 Å². The Morgan fingerprint density at radius 1 is 1.04 bits per heavy atom. The minimum absolute atomic E-state index is 0.108. The predicted octanol–water partition coefficient (Wildman–Crippen LogP) is 4.07. The molecule has 2 N–H and O–H groups in total. The lowest BCUT2D eigenvalue weighted by Crippen LogP contribution is -2.30. The van der Waals surface area contributed by atoms with Gasteiger partial charge in [-0.3, -0.25) is 9.59 Å².